The van der Waals surface area contributed by atoms with Gasteiger partial charge in [-0.3, -0.25) is 9.59 Å². The highest BCUT2D eigenvalue weighted by Crippen LogP contribution is 2.42. The van der Waals surface area contributed by atoms with Crippen LogP contribution in [0.2, 0.25) is 0 Å². The van der Waals surface area contributed by atoms with Crippen molar-refractivity contribution in [3.8, 4) is 6.07 Å². The largest absolute Gasteiger partial charge is 0.416 e. The Hall–Kier alpha value is -2.69. The number of carbonyl (C=O) groups is 2. The van der Waals surface area contributed by atoms with Crippen molar-refractivity contribution in [1.29, 1.82) is 5.26 Å². The number of carbonyl (C=O) groups excluding carboxylic acids is 2. The highest BCUT2D eigenvalue weighted by atomic mass is 32.2. The van der Waals surface area contributed by atoms with Crippen LogP contribution in [0.5, 0.6) is 0 Å². The van der Waals surface area contributed by atoms with E-state index in [2.05, 4.69) is 11.4 Å². The van der Waals surface area contributed by atoms with E-state index < -0.39 is 40.0 Å². The molecular weight excluding hydrogens is 535 g/mol. The van der Waals surface area contributed by atoms with Crippen molar-refractivity contribution in [2.75, 3.05) is 32.7 Å². The average Bonchev–Trinajstić information content (AvgIpc) is 3.60. The maximum absolute atomic E-state index is 13.5. The summed E-state index contributed by atoms with van der Waals surface area (Å²) >= 11 is 0. The topological polar surface area (TPSA) is 114 Å². The van der Waals surface area contributed by atoms with Crippen molar-refractivity contribution in [2.45, 2.75) is 56.8 Å². The van der Waals surface area contributed by atoms with Gasteiger partial charge in [0.1, 0.15) is 6.04 Å². The van der Waals surface area contributed by atoms with Crippen molar-refractivity contribution in [3.05, 3.63) is 35.4 Å². The lowest BCUT2D eigenvalue weighted by Crippen LogP contribution is -2.57. The van der Waals surface area contributed by atoms with Gasteiger partial charge in [-0.25, -0.2) is 0 Å². The quantitative estimate of drug-likeness (QED) is 0.544. The van der Waals surface area contributed by atoms with Gasteiger partial charge in [0.15, 0.2) is 0 Å². The first-order valence-electron chi connectivity index (χ1n) is 13.4. The predicted octanol–water partition coefficient (Wildman–Crippen LogP) is 2.68. The van der Waals surface area contributed by atoms with E-state index in [1.54, 1.807) is 4.90 Å². The lowest BCUT2D eigenvalue weighted by molar-refractivity contribution is -0.142. The van der Waals surface area contributed by atoms with Gasteiger partial charge in [-0.15, -0.1) is 0 Å². The molecule has 4 fully saturated rings. The number of piperidine rings is 1. The van der Waals surface area contributed by atoms with E-state index in [-0.39, 0.29) is 43.3 Å². The molecule has 1 saturated carbocycles. The number of nitrogens with zero attached hydrogens (tertiary/aromatic N) is 4. The molecular formula is C26H32F3N5O4S. The van der Waals surface area contributed by atoms with E-state index in [0.717, 1.165) is 25.0 Å². The van der Waals surface area contributed by atoms with Crippen LogP contribution < -0.4 is 5.32 Å². The normalized spacial score (nSPS) is 26.1. The monoisotopic (exact) mass is 567 g/mol. The molecule has 5 rings (SSSR count). The molecule has 3 heterocycles. The van der Waals surface area contributed by atoms with Gasteiger partial charge in [0, 0.05) is 32.7 Å². The van der Waals surface area contributed by atoms with Gasteiger partial charge < -0.3 is 10.2 Å². The van der Waals surface area contributed by atoms with Crippen LogP contribution in [0.4, 0.5) is 13.2 Å². The molecule has 1 aromatic carbocycles. The van der Waals surface area contributed by atoms with Gasteiger partial charge in [0.05, 0.1) is 29.5 Å². The number of alkyl halides is 3. The Labute approximate surface area is 226 Å². The Bertz CT molecular complexity index is 1240. The number of hydrogen-bond acceptors (Lipinski definition) is 5. The minimum Gasteiger partial charge on any atom is -0.347 e. The second-order valence-corrected chi connectivity index (χ2v) is 12.9. The molecule has 9 nitrogen and oxygen atoms in total. The van der Waals surface area contributed by atoms with Crippen LogP contribution in [-0.2, 0) is 26.0 Å². The number of halogens is 3. The van der Waals surface area contributed by atoms with E-state index in [0.29, 0.717) is 44.3 Å². The Morgan fingerprint density at radius 3 is 2.26 bits per heavy atom. The van der Waals surface area contributed by atoms with Crippen LogP contribution in [0.3, 0.4) is 0 Å². The zero-order valence-electron chi connectivity index (χ0n) is 21.4. The van der Waals surface area contributed by atoms with E-state index >= 15 is 0 Å². The van der Waals surface area contributed by atoms with Crippen molar-refractivity contribution < 1.29 is 31.2 Å². The van der Waals surface area contributed by atoms with Crippen LogP contribution in [0.25, 0.3) is 0 Å². The minimum atomic E-state index is -4.44. The molecule has 13 heteroatoms. The first kappa shape index (κ1) is 27.9. The summed E-state index contributed by atoms with van der Waals surface area (Å²) in [4.78, 5) is 28.5. The second kappa shape index (κ2) is 10.7. The van der Waals surface area contributed by atoms with E-state index in [9.17, 15) is 31.2 Å². The van der Waals surface area contributed by atoms with E-state index in [4.69, 9.17) is 5.26 Å². The fraction of sp³-hybridized carbons (Fsp3) is 0.654. The highest BCUT2D eigenvalue weighted by molar-refractivity contribution is 7.86. The summed E-state index contributed by atoms with van der Waals surface area (Å²) in [5.41, 5.74) is -0.144. The summed E-state index contributed by atoms with van der Waals surface area (Å²) in [6, 6.07) is 5.77. The summed E-state index contributed by atoms with van der Waals surface area (Å²) in [5, 5.41) is 12.0. The molecule has 39 heavy (non-hydrogen) atoms. The lowest BCUT2D eigenvalue weighted by Gasteiger charge is -2.41. The van der Waals surface area contributed by atoms with Crippen molar-refractivity contribution >= 4 is 22.0 Å². The summed E-state index contributed by atoms with van der Waals surface area (Å²) in [5.74, 6) is -1.32. The maximum Gasteiger partial charge on any atom is 0.416 e. The van der Waals surface area contributed by atoms with Crippen LogP contribution in [-0.4, -0.2) is 72.5 Å². The first-order chi connectivity index (χ1) is 18.5. The Balaban J connectivity index is 1.23. The summed E-state index contributed by atoms with van der Waals surface area (Å²) in [6.07, 6.45) is -0.573. The van der Waals surface area contributed by atoms with Gasteiger partial charge in [-0.05, 0) is 62.1 Å². The molecule has 1 N–H and O–H groups in total. The number of rotatable bonds is 7. The molecule has 212 valence electrons. The smallest absolute Gasteiger partial charge is 0.347 e. The molecule has 0 aromatic heterocycles. The fourth-order valence-corrected chi connectivity index (χ4v) is 7.59. The number of nitriles is 1. The van der Waals surface area contributed by atoms with Gasteiger partial charge >= 0.3 is 6.18 Å². The van der Waals surface area contributed by atoms with Crippen molar-refractivity contribution in [2.24, 2.45) is 17.8 Å². The molecule has 4 aliphatic rings. The molecule has 0 radical (unpaired) electrons. The van der Waals surface area contributed by atoms with Gasteiger partial charge in [0.25, 0.3) is 10.2 Å². The zero-order chi connectivity index (χ0) is 27.9. The number of benzene rings is 1. The minimum absolute atomic E-state index is 0.0377. The summed E-state index contributed by atoms with van der Waals surface area (Å²) < 4.78 is 67.5. The first-order valence-corrected chi connectivity index (χ1v) is 14.8. The van der Waals surface area contributed by atoms with Crippen LogP contribution in [0.15, 0.2) is 24.3 Å². The Morgan fingerprint density at radius 1 is 0.974 bits per heavy atom. The van der Waals surface area contributed by atoms with Crippen molar-refractivity contribution in [3.63, 3.8) is 0 Å². The number of hydrogen-bond donors (Lipinski definition) is 1. The number of amides is 2. The fourth-order valence-electron chi connectivity index (χ4n) is 5.79. The third-order valence-electron chi connectivity index (χ3n) is 8.24. The third kappa shape index (κ3) is 5.78. The van der Waals surface area contributed by atoms with Crippen LogP contribution >= 0.6 is 0 Å². The molecule has 1 aromatic rings. The molecule has 0 spiro atoms. The third-order valence-corrected chi connectivity index (χ3v) is 10.2. The van der Waals surface area contributed by atoms with Crippen molar-refractivity contribution in [1.82, 2.24) is 18.8 Å². The molecule has 2 amide bonds. The maximum atomic E-state index is 13.5. The predicted molar refractivity (Wildman–Crippen MR) is 134 cm³/mol. The molecule has 3 atom stereocenters. The summed E-state index contributed by atoms with van der Waals surface area (Å²) in [6.45, 7) is 1.05. The van der Waals surface area contributed by atoms with Crippen LogP contribution in [0, 0.1) is 29.1 Å². The van der Waals surface area contributed by atoms with E-state index in [1.807, 2.05) is 0 Å². The van der Waals surface area contributed by atoms with Gasteiger partial charge in [0.2, 0.25) is 11.8 Å². The Morgan fingerprint density at radius 2 is 1.64 bits per heavy atom. The zero-order valence-corrected chi connectivity index (χ0v) is 22.3. The Kier molecular flexibility index (Phi) is 7.65. The molecule has 1 aliphatic carbocycles. The molecule has 3 aliphatic heterocycles. The van der Waals surface area contributed by atoms with Gasteiger partial charge in [-0.2, -0.15) is 35.5 Å². The molecule has 0 bridgehead atoms. The number of likely N-dealkylation sites (tertiary alicyclic amines) is 1. The second-order valence-electron chi connectivity index (χ2n) is 11.0. The molecule has 0 unspecified atom stereocenters. The SMILES string of the molecule is N#CC1CN(S(=O)(=O)N2CCC[C@H](C(=O)N3CCC[C@@H]3C(=O)N[C@H](c3ccc(C(F)(F)F)cc3)C3CC3)C2)C1. The highest BCUT2D eigenvalue weighted by Gasteiger charge is 2.45. The van der Waals surface area contributed by atoms with Gasteiger partial charge in [-0.1, -0.05) is 12.1 Å². The average molecular weight is 568 g/mol. The summed E-state index contributed by atoms with van der Waals surface area (Å²) in [7, 11) is -3.75. The van der Waals surface area contributed by atoms with Crippen LogP contribution in [0.1, 0.15) is 55.7 Å². The van der Waals surface area contributed by atoms with E-state index in [1.165, 1.54) is 20.7 Å². The molecule has 3 saturated heterocycles. The standard InChI is InChI=1S/C26H32F3N5O4S/c27-26(28,29)21-9-7-19(8-10-21)23(18-5-6-18)31-24(35)22-4-2-12-34(22)25(36)20-3-1-11-32(16-20)39(37,38)33-14-17(13-30)15-33/h7-10,17-18,20,22-23H,1-6,11-12,14-16H2,(H,31,35)/t20-,22+,23-/m0/s1. The lowest BCUT2D eigenvalue weighted by atomic mass is 9.97. The number of nitrogens with one attached hydrogen (secondary N) is 1.